The van der Waals surface area contributed by atoms with Crippen molar-refractivity contribution in [1.29, 1.82) is 0 Å². The van der Waals surface area contributed by atoms with Crippen LogP contribution >= 0.6 is 0 Å². The molecular weight excluding hydrogens is 237 g/mol. The lowest BCUT2D eigenvalue weighted by Gasteiger charge is -1.98. The van der Waals surface area contributed by atoms with Crippen LogP contribution in [0.2, 0.25) is 0 Å². The number of aryl methyl sites for hydroxylation is 1. The Morgan fingerprint density at radius 2 is 2.33 bits per heavy atom. The Morgan fingerprint density at radius 3 is 3.06 bits per heavy atom. The highest BCUT2D eigenvalue weighted by Crippen LogP contribution is 2.19. The molecule has 18 heavy (non-hydrogen) atoms. The number of ether oxygens (including phenoxy) is 1. The summed E-state index contributed by atoms with van der Waals surface area (Å²) in [5.74, 6) is -1.00. The summed E-state index contributed by atoms with van der Waals surface area (Å²) in [5.41, 5.74) is 1.06. The molecule has 0 amide bonds. The van der Waals surface area contributed by atoms with Crippen molar-refractivity contribution in [2.45, 2.75) is 6.92 Å². The number of esters is 1. The molecule has 0 unspecified atom stereocenters. The molecule has 0 saturated carbocycles. The number of hydrogen-bond acceptors (Lipinski definition) is 4. The molecule has 0 aliphatic carbocycles. The summed E-state index contributed by atoms with van der Waals surface area (Å²) in [5, 5.41) is 7.46. The molecular formula is C12H12FN3O2. The molecule has 1 aromatic carbocycles. The third-order valence-corrected chi connectivity index (χ3v) is 2.44. The van der Waals surface area contributed by atoms with Gasteiger partial charge in [0.2, 0.25) is 0 Å². The van der Waals surface area contributed by atoms with E-state index in [1.807, 2.05) is 0 Å². The second kappa shape index (κ2) is 4.95. The quantitative estimate of drug-likeness (QED) is 0.613. The van der Waals surface area contributed by atoms with Gasteiger partial charge in [0.25, 0.3) is 0 Å². The fourth-order valence-corrected chi connectivity index (χ4v) is 1.56. The number of nitrogens with zero attached hydrogens (tertiary/aromatic N) is 3. The zero-order valence-electron chi connectivity index (χ0n) is 10.1. The van der Waals surface area contributed by atoms with Crippen molar-refractivity contribution in [3.8, 4) is 0 Å². The number of carbonyl (C=O) groups is 1. The first-order chi connectivity index (χ1) is 8.63. The first-order valence-corrected chi connectivity index (χ1v) is 5.46. The first-order valence-electron chi connectivity index (χ1n) is 5.46. The number of hydrogen-bond donors (Lipinski definition) is 0. The van der Waals surface area contributed by atoms with Crippen molar-refractivity contribution in [3.05, 3.63) is 29.6 Å². The van der Waals surface area contributed by atoms with E-state index in [0.29, 0.717) is 5.52 Å². The van der Waals surface area contributed by atoms with E-state index in [0.717, 1.165) is 0 Å². The number of halogens is 1. The van der Waals surface area contributed by atoms with Gasteiger partial charge in [-0.1, -0.05) is 5.21 Å². The van der Waals surface area contributed by atoms with E-state index >= 15 is 0 Å². The molecule has 1 aromatic heterocycles. The van der Waals surface area contributed by atoms with Gasteiger partial charge in [-0.15, -0.1) is 5.10 Å². The Labute approximate surface area is 103 Å². The molecule has 0 fully saturated rings. The van der Waals surface area contributed by atoms with E-state index in [1.54, 1.807) is 26.1 Å². The lowest BCUT2D eigenvalue weighted by atomic mass is 10.1. The minimum absolute atomic E-state index is 0.184. The van der Waals surface area contributed by atoms with Crippen molar-refractivity contribution in [2.75, 3.05) is 6.61 Å². The number of benzene rings is 1. The van der Waals surface area contributed by atoms with Crippen LogP contribution in [0.15, 0.2) is 18.2 Å². The highest BCUT2D eigenvalue weighted by Gasteiger charge is 2.10. The fraction of sp³-hybridized carbons (Fsp3) is 0.250. The summed E-state index contributed by atoms with van der Waals surface area (Å²) >= 11 is 0. The van der Waals surface area contributed by atoms with E-state index in [4.69, 9.17) is 4.74 Å². The van der Waals surface area contributed by atoms with Crippen LogP contribution < -0.4 is 0 Å². The third kappa shape index (κ3) is 2.22. The van der Waals surface area contributed by atoms with Gasteiger partial charge in [-0.3, -0.25) is 0 Å². The Kier molecular flexibility index (Phi) is 3.36. The summed E-state index contributed by atoms with van der Waals surface area (Å²) in [4.78, 5) is 11.1. The summed E-state index contributed by atoms with van der Waals surface area (Å²) in [6.45, 7) is 1.99. The Morgan fingerprint density at radius 1 is 1.56 bits per heavy atom. The van der Waals surface area contributed by atoms with Crippen molar-refractivity contribution < 1.29 is 13.9 Å². The van der Waals surface area contributed by atoms with Gasteiger partial charge >= 0.3 is 5.97 Å². The SMILES string of the molecule is CCOC(=O)/C=C/c1ccc2c(nnn2C)c1F. The topological polar surface area (TPSA) is 57.0 Å². The zero-order chi connectivity index (χ0) is 13.1. The fourth-order valence-electron chi connectivity index (χ4n) is 1.56. The van der Waals surface area contributed by atoms with Crippen LogP contribution in [0.4, 0.5) is 4.39 Å². The van der Waals surface area contributed by atoms with Gasteiger partial charge in [0, 0.05) is 18.7 Å². The lowest BCUT2D eigenvalue weighted by Crippen LogP contribution is -1.99. The van der Waals surface area contributed by atoms with Gasteiger partial charge in [0.1, 0.15) is 5.52 Å². The smallest absolute Gasteiger partial charge is 0.330 e. The number of carbonyl (C=O) groups excluding carboxylic acids is 1. The molecule has 0 spiro atoms. The lowest BCUT2D eigenvalue weighted by molar-refractivity contribution is -0.137. The maximum atomic E-state index is 14.0. The molecule has 0 aliphatic rings. The maximum absolute atomic E-state index is 14.0. The van der Waals surface area contributed by atoms with Gasteiger partial charge in [0.05, 0.1) is 12.1 Å². The average molecular weight is 249 g/mol. The van der Waals surface area contributed by atoms with E-state index in [2.05, 4.69) is 10.3 Å². The van der Waals surface area contributed by atoms with Crippen molar-refractivity contribution >= 4 is 23.1 Å². The highest BCUT2D eigenvalue weighted by molar-refractivity contribution is 5.88. The summed E-state index contributed by atoms with van der Waals surface area (Å²) in [7, 11) is 1.68. The molecule has 6 heteroatoms. The first kappa shape index (κ1) is 12.2. The van der Waals surface area contributed by atoms with Crippen LogP contribution in [0, 0.1) is 5.82 Å². The number of fused-ring (bicyclic) bond motifs is 1. The molecule has 0 saturated heterocycles. The van der Waals surface area contributed by atoms with Gasteiger partial charge in [-0.2, -0.15) is 0 Å². The predicted octanol–water partition coefficient (Wildman–Crippen LogP) is 1.68. The molecule has 2 rings (SSSR count). The van der Waals surface area contributed by atoms with Gasteiger partial charge < -0.3 is 4.74 Å². The normalized spacial score (nSPS) is 11.3. The molecule has 1 heterocycles. The minimum Gasteiger partial charge on any atom is -0.463 e. The average Bonchev–Trinajstić information content (AvgIpc) is 2.72. The molecule has 0 bridgehead atoms. The van der Waals surface area contributed by atoms with E-state index in [-0.39, 0.29) is 17.7 Å². The second-order valence-corrected chi connectivity index (χ2v) is 3.63. The van der Waals surface area contributed by atoms with Gasteiger partial charge in [-0.05, 0) is 25.1 Å². The molecule has 94 valence electrons. The van der Waals surface area contributed by atoms with Gasteiger partial charge in [-0.25, -0.2) is 13.9 Å². The van der Waals surface area contributed by atoms with Crippen molar-refractivity contribution in [2.24, 2.45) is 7.05 Å². The third-order valence-electron chi connectivity index (χ3n) is 2.44. The van der Waals surface area contributed by atoms with Crippen LogP contribution in [0.1, 0.15) is 12.5 Å². The molecule has 0 atom stereocenters. The van der Waals surface area contributed by atoms with Crippen molar-refractivity contribution in [3.63, 3.8) is 0 Å². The largest absolute Gasteiger partial charge is 0.463 e. The summed E-state index contributed by atoms with van der Waals surface area (Å²) in [6.07, 6.45) is 2.55. The summed E-state index contributed by atoms with van der Waals surface area (Å²) < 4.78 is 20.2. The van der Waals surface area contributed by atoms with Crippen LogP contribution in [-0.2, 0) is 16.6 Å². The summed E-state index contributed by atoms with van der Waals surface area (Å²) in [6, 6.07) is 3.26. The zero-order valence-corrected chi connectivity index (χ0v) is 10.1. The standard InChI is InChI=1S/C12H12FN3O2/c1-3-18-10(17)7-5-8-4-6-9-12(11(8)13)14-15-16(9)2/h4-7H,3H2,1-2H3/b7-5+. The molecule has 5 nitrogen and oxygen atoms in total. The molecule has 2 aromatic rings. The monoisotopic (exact) mass is 249 g/mol. The van der Waals surface area contributed by atoms with Crippen LogP contribution in [0.5, 0.6) is 0 Å². The second-order valence-electron chi connectivity index (χ2n) is 3.63. The highest BCUT2D eigenvalue weighted by atomic mass is 19.1. The Hall–Kier alpha value is -2.24. The number of aromatic nitrogens is 3. The van der Waals surface area contributed by atoms with Crippen LogP contribution in [-0.4, -0.2) is 27.6 Å². The van der Waals surface area contributed by atoms with Crippen LogP contribution in [0.25, 0.3) is 17.1 Å². The minimum atomic E-state index is -0.504. The molecule has 0 radical (unpaired) electrons. The van der Waals surface area contributed by atoms with E-state index in [1.165, 1.54) is 16.8 Å². The van der Waals surface area contributed by atoms with E-state index in [9.17, 15) is 9.18 Å². The van der Waals surface area contributed by atoms with E-state index < -0.39 is 11.8 Å². The Bertz CT molecular complexity index is 619. The van der Waals surface area contributed by atoms with Crippen molar-refractivity contribution in [1.82, 2.24) is 15.0 Å². The maximum Gasteiger partial charge on any atom is 0.330 e. The molecule has 0 aliphatic heterocycles. The number of rotatable bonds is 3. The molecule has 0 N–H and O–H groups in total. The predicted molar refractivity (Wildman–Crippen MR) is 64.1 cm³/mol. The Balaban J connectivity index is 2.35. The van der Waals surface area contributed by atoms with Crippen LogP contribution in [0.3, 0.4) is 0 Å². The van der Waals surface area contributed by atoms with Gasteiger partial charge in [0.15, 0.2) is 5.82 Å².